The summed E-state index contributed by atoms with van der Waals surface area (Å²) in [6, 6.07) is 1.00. The summed E-state index contributed by atoms with van der Waals surface area (Å²) >= 11 is 0. The van der Waals surface area contributed by atoms with E-state index in [1.54, 1.807) is 0 Å². The van der Waals surface area contributed by atoms with Gasteiger partial charge in [-0.3, -0.25) is 0 Å². The molecule has 2 saturated carbocycles. The summed E-state index contributed by atoms with van der Waals surface area (Å²) in [5.74, 6) is 1.95. The van der Waals surface area contributed by atoms with Crippen LogP contribution in [-0.2, 0) is 0 Å². The van der Waals surface area contributed by atoms with Gasteiger partial charge in [-0.05, 0) is 69.6 Å². The van der Waals surface area contributed by atoms with Crippen molar-refractivity contribution in [1.29, 1.82) is 0 Å². The predicted molar refractivity (Wildman–Crippen MR) is 82.6 cm³/mol. The molecule has 8 N–H and O–H groups in total. The molecule has 0 unspecified atom stereocenters. The summed E-state index contributed by atoms with van der Waals surface area (Å²) in [6.07, 6.45) is 12.0. The Hall–Kier alpha value is -0.160. The van der Waals surface area contributed by atoms with Gasteiger partial charge in [0.25, 0.3) is 0 Å². The average molecular weight is 270 g/mol. The Morgan fingerprint density at radius 2 is 0.895 bits per heavy atom. The molecule has 0 bridgehead atoms. The molecule has 0 aromatic carbocycles. The van der Waals surface area contributed by atoms with Crippen LogP contribution in [0.5, 0.6) is 0 Å². The van der Waals surface area contributed by atoms with E-state index >= 15 is 0 Å². The van der Waals surface area contributed by atoms with E-state index in [1.165, 1.54) is 57.8 Å². The molecule has 0 aliphatic heterocycles. The van der Waals surface area contributed by atoms with Crippen LogP contribution < -0.4 is 22.9 Å². The molecule has 2 rings (SSSR count). The highest BCUT2D eigenvalue weighted by Gasteiger charge is 2.24. The summed E-state index contributed by atoms with van der Waals surface area (Å²) in [7, 11) is 0. The van der Waals surface area contributed by atoms with E-state index in [1.807, 2.05) is 0 Å². The first-order valence-electron chi connectivity index (χ1n) is 8.07. The fraction of sp³-hybridized carbons (Fsp3) is 1.00. The second-order valence-electron chi connectivity index (χ2n) is 6.37. The van der Waals surface area contributed by atoms with Gasteiger partial charge in [0.15, 0.2) is 0 Å². The van der Waals surface area contributed by atoms with Crippen molar-refractivity contribution in [1.82, 2.24) is 0 Å². The molecular weight excluding hydrogens is 236 g/mol. The fourth-order valence-corrected chi connectivity index (χ4v) is 3.32. The Labute approximate surface area is 118 Å². The Morgan fingerprint density at radius 1 is 0.579 bits per heavy atom. The Balaban J connectivity index is 0.000000399. The molecule has 0 amide bonds. The van der Waals surface area contributed by atoms with Gasteiger partial charge in [0.05, 0.1) is 0 Å². The zero-order chi connectivity index (χ0) is 14.1. The normalized spacial score (nSPS) is 35.4. The topological polar surface area (TPSA) is 104 Å². The molecule has 0 radical (unpaired) electrons. The molecule has 0 spiro atoms. The summed E-state index contributed by atoms with van der Waals surface area (Å²) in [5, 5.41) is 0. The van der Waals surface area contributed by atoms with Gasteiger partial charge < -0.3 is 22.9 Å². The lowest BCUT2D eigenvalue weighted by Crippen LogP contribution is -2.30. The Bertz CT molecular complexity index is 184. The summed E-state index contributed by atoms with van der Waals surface area (Å²) in [6.45, 7) is 1.19. The van der Waals surface area contributed by atoms with Crippen molar-refractivity contribution in [3.63, 3.8) is 0 Å². The highest BCUT2D eigenvalue weighted by molar-refractivity contribution is 4.80. The molecule has 19 heavy (non-hydrogen) atoms. The van der Waals surface area contributed by atoms with E-state index in [4.69, 9.17) is 22.9 Å². The predicted octanol–water partition coefficient (Wildman–Crippen LogP) is 1.32. The van der Waals surface area contributed by atoms with Crippen molar-refractivity contribution in [2.45, 2.75) is 69.9 Å². The van der Waals surface area contributed by atoms with Gasteiger partial charge in [-0.25, -0.2) is 0 Å². The zero-order valence-corrected chi connectivity index (χ0v) is 12.4. The molecule has 0 heterocycles. The van der Waals surface area contributed by atoms with Crippen LogP contribution in [0.3, 0.4) is 0 Å². The molecule has 0 saturated heterocycles. The van der Waals surface area contributed by atoms with Crippen molar-refractivity contribution in [3.8, 4) is 0 Å². The molecule has 0 atom stereocenters. The van der Waals surface area contributed by atoms with Crippen LogP contribution in [-0.4, -0.2) is 25.2 Å². The van der Waals surface area contributed by atoms with Gasteiger partial charge in [0, 0.05) is 25.2 Å². The molecule has 0 aromatic heterocycles. The highest BCUT2D eigenvalue weighted by atomic mass is 14.6. The van der Waals surface area contributed by atoms with Crippen LogP contribution in [0.25, 0.3) is 0 Å². The lowest BCUT2D eigenvalue weighted by Gasteiger charge is -2.32. The zero-order valence-electron chi connectivity index (χ0n) is 12.4. The number of hydrogen-bond acceptors (Lipinski definition) is 4. The lowest BCUT2D eigenvalue weighted by atomic mass is 9.76. The van der Waals surface area contributed by atoms with E-state index in [2.05, 4.69) is 0 Å². The molecule has 2 aliphatic rings. The Morgan fingerprint density at radius 3 is 1.16 bits per heavy atom. The van der Waals surface area contributed by atoms with E-state index in [-0.39, 0.29) is 0 Å². The maximum atomic E-state index is 5.93. The second-order valence-corrected chi connectivity index (χ2v) is 6.37. The Kier molecular flexibility index (Phi) is 8.62. The van der Waals surface area contributed by atoms with Crippen molar-refractivity contribution in [2.24, 2.45) is 34.8 Å². The van der Waals surface area contributed by atoms with Crippen molar-refractivity contribution >= 4 is 0 Å². The van der Waals surface area contributed by atoms with Crippen LogP contribution in [0.2, 0.25) is 0 Å². The average Bonchev–Trinajstić information content (AvgIpc) is 2.44. The van der Waals surface area contributed by atoms with Gasteiger partial charge in [-0.1, -0.05) is 0 Å². The standard InChI is InChI=1S/C13H26N2.C2H8N2/c14-12-5-1-10(2-6-12)9-11-3-7-13(15)8-4-11;3-1-2-4/h10-13H,1-9,14-15H2;1-4H2. The number of nitrogens with two attached hydrogens (primary N) is 4. The molecule has 4 heteroatoms. The third-order valence-electron chi connectivity index (χ3n) is 4.62. The molecule has 4 nitrogen and oxygen atoms in total. The minimum absolute atomic E-state index is 0.501. The molecule has 2 aliphatic carbocycles. The van der Waals surface area contributed by atoms with Gasteiger partial charge in [-0.2, -0.15) is 0 Å². The van der Waals surface area contributed by atoms with Crippen LogP contribution in [0.15, 0.2) is 0 Å². The fourth-order valence-electron chi connectivity index (χ4n) is 3.32. The monoisotopic (exact) mass is 270 g/mol. The van der Waals surface area contributed by atoms with E-state index in [0.29, 0.717) is 25.2 Å². The number of rotatable bonds is 3. The van der Waals surface area contributed by atoms with E-state index in [0.717, 1.165) is 11.8 Å². The smallest absolute Gasteiger partial charge is 0.00461 e. The molecular formula is C15H34N4. The van der Waals surface area contributed by atoms with Crippen LogP contribution in [0.4, 0.5) is 0 Å². The minimum Gasteiger partial charge on any atom is -0.329 e. The molecule has 114 valence electrons. The van der Waals surface area contributed by atoms with Crippen LogP contribution in [0.1, 0.15) is 57.8 Å². The maximum absolute atomic E-state index is 5.93. The minimum atomic E-state index is 0.501. The third kappa shape index (κ3) is 7.25. The SMILES string of the molecule is NC1CCC(CC2CCC(N)CC2)CC1.NCCN. The van der Waals surface area contributed by atoms with Gasteiger partial charge >= 0.3 is 0 Å². The van der Waals surface area contributed by atoms with Crippen LogP contribution >= 0.6 is 0 Å². The summed E-state index contributed by atoms with van der Waals surface area (Å²) in [5.41, 5.74) is 21.7. The van der Waals surface area contributed by atoms with Crippen molar-refractivity contribution in [2.75, 3.05) is 13.1 Å². The summed E-state index contributed by atoms with van der Waals surface area (Å²) < 4.78 is 0. The first kappa shape index (κ1) is 16.9. The first-order valence-corrected chi connectivity index (χ1v) is 8.07. The first-order chi connectivity index (χ1) is 9.15. The number of hydrogen-bond donors (Lipinski definition) is 4. The lowest BCUT2D eigenvalue weighted by molar-refractivity contribution is 0.225. The maximum Gasteiger partial charge on any atom is 0.00461 e. The highest BCUT2D eigenvalue weighted by Crippen LogP contribution is 2.34. The third-order valence-corrected chi connectivity index (χ3v) is 4.62. The second kappa shape index (κ2) is 9.70. The van der Waals surface area contributed by atoms with Gasteiger partial charge in [-0.15, -0.1) is 0 Å². The molecule has 2 fully saturated rings. The van der Waals surface area contributed by atoms with Crippen molar-refractivity contribution < 1.29 is 0 Å². The quantitative estimate of drug-likeness (QED) is 0.620. The summed E-state index contributed by atoms with van der Waals surface area (Å²) in [4.78, 5) is 0. The largest absolute Gasteiger partial charge is 0.329 e. The van der Waals surface area contributed by atoms with E-state index in [9.17, 15) is 0 Å². The van der Waals surface area contributed by atoms with Crippen molar-refractivity contribution in [3.05, 3.63) is 0 Å². The van der Waals surface area contributed by atoms with Gasteiger partial charge in [0.1, 0.15) is 0 Å². The van der Waals surface area contributed by atoms with E-state index < -0.39 is 0 Å². The van der Waals surface area contributed by atoms with Crippen LogP contribution in [0, 0.1) is 11.8 Å². The molecule has 0 aromatic rings. The van der Waals surface area contributed by atoms with Gasteiger partial charge in [0.2, 0.25) is 0 Å².